The van der Waals surface area contributed by atoms with Gasteiger partial charge in [-0.3, -0.25) is 5.87 Å². The highest BCUT2D eigenvalue weighted by molar-refractivity contribution is 6.05. The van der Waals surface area contributed by atoms with E-state index in [9.17, 15) is 15.8 Å². The maximum atomic E-state index is 13.5. The van der Waals surface area contributed by atoms with Crippen molar-refractivity contribution in [2.75, 3.05) is 0 Å². The summed E-state index contributed by atoms with van der Waals surface area (Å²) in [5.74, 6) is 1.44. The zero-order valence-corrected chi connectivity index (χ0v) is 19.7. The molecule has 0 saturated heterocycles. The van der Waals surface area contributed by atoms with E-state index in [1.165, 1.54) is 0 Å². The summed E-state index contributed by atoms with van der Waals surface area (Å²) in [6.45, 7) is 8.44. The average Bonchev–Trinajstić information content (AvgIpc) is 3.24. The number of rotatable bonds is 3. The van der Waals surface area contributed by atoms with Gasteiger partial charge in [0.2, 0.25) is 11.4 Å². The predicted octanol–water partition coefficient (Wildman–Crippen LogP) is 1.18. The molecule has 0 atom stereocenters. The van der Waals surface area contributed by atoms with Gasteiger partial charge in [0.25, 0.3) is 0 Å². The van der Waals surface area contributed by atoms with Gasteiger partial charge in [0.05, 0.1) is 16.4 Å². The number of para-hydroxylation sites is 2. The molecule has 3 aliphatic rings. The minimum Gasteiger partial charge on any atom is -0.845 e. The Labute approximate surface area is 199 Å². The van der Waals surface area contributed by atoms with Gasteiger partial charge in [-0.1, -0.05) is 53.6 Å². The smallest absolute Gasteiger partial charge is 0.208 e. The van der Waals surface area contributed by atoms with Gasteiger partial charge >= 0.3 is 0 Å². The van der Waals surface area contributed by atoms with Crippen molar-refractivity contribution >= 4 is 28.7 Å². The van der Waals surface area contributed by atoms with Crippen LogP contribution in [0, 0.1) is 17.2 Å². The third-order valence-corrected chi connectivity index (χ3v) is 7.51. The summed E-state index contributed by atoms with van der Waals surface area (Å²) in [6, 6.07) is 18.2. The zero-order chi connectivity index (χ0) is 24.3. The van der Waals surface area contributed by atoms with Crippen molar-refractivity contribution in [1.29, 1.82) is 5.26 Å². The molecule has 0 amide bonds. The second-order valence-corrected chi connectivity index (χ2v) is 10.2. The lowest BCUT2D eigenvalue weighted by atomic mass is 9.65. The molecule has 0 unspecified atom stereocenters. The molecule has 0 spiro atoms. The standard InChI is InChI=1S/C29H24N4O/c1-28(2)20-9-5-7-11-22(20)32-24(28)13-18-26(17(15-30)16-31)19(27(18)34)14-25-29(3,4)21-10-6-8-12-23(21)33-25/h5-14,26-27H,1-4H3/q-2/p+2/b18-13-,19-14-. The average molecular weight is 447 g/mol. The minimum atomic E-state index is -1.11. The molecular formula is C29H26N4O. The van der Waals surface area contributed by atoms with E-state index in [1.807, 2.05) is 60.5 Å². The number of nitrogens with zero attached hydrogens (tertiary/aromatic N) is 2. The molecule has 5 nitrogen and oxygen atoms in total. The summed E-state index contributed by atoms with van der Waals surface area (Å²) in [5.41, 5.74) is 6.71. The Kier molecular flexibility index (Phi) is 4.91. The molecule has 0 aromatic heterocycles. The fraction of sp³-hybridized carbons (Fsp3) is 0.276. The first-order chi connectivity index (χ1) is 16.2. The predicted molar refractivity (Wildman–Crippen MR) is 131 cm³/mol. The Bertz CT molecular complexity index is 1350. The lowest BCUT2D eigenvalue weighted by molar-refractivity contribution is -0.405. The quantitative estimate of drug-likeness (QED) is 0.547. The molecule has 2 N–H and O–H groups in total. The molecule has 2 aromatic rings. The van der Waals surface area contributed by atoms with E-state index in [2.05, 4.69) is 49.8 Å². The van der Waals surface area contributed by atoms with Gasteiger partial charge in [-0.25, -0.2) is 9.98 Å². The number of hydrogen-bond donors (Lipinski definition) is 2. The normalized spacial score (nSPS) is 25.5. The largest absolute Gasteiger partial charge is 0.845 e. The van der Waals surface area contributed by atoms with Crippen molar-refractivity contribution in [3.05, 3.63) is 93.9 Å². The zero-order valence-electron chi connectivity index (χ0n) is 19.7. The Morgan fingerprint density at radius 2 is 1.32 bits per heavy atom. The van der Waals surface area contributed by atoms with E-state index in [-0.39, 0.29) is 16.4 Å². The van der Waals surface area contributed by atoms with Crippen molar-refractivity contribution in [2.45, 2.75) is 44.6 Å². The van der Waals surface area contributed by atoms with Crippen LogP contribution in [0.4, 0.5) is 11.4 Å². The fourth-order valence-corrected chi connectivity index (χ4v) is 5.33. The molecular weight excluding hydrogens is 420 g/mol. The van der Waals surface area contributed by atoms with Crippen molar-refractivity contribution in [2.24, 2.45) is 5.92 Å². The van der Waals surface area contributed by atoms with Crippen LogP contribution in [0.5, 0.6) is 0 Å². The number of fused-ring (bicyclic) bond motifs is 2. The first-order valence-corrected chi connectivity index (χ1v) is 11.4. The Balaban J connectivity index is 1.57. The van der Waals surface area contributed by atoms with Crippen LogP contribution in [0.1, 0.15) is 38.8 Å². The molecule has 168 valence electrons. The highest BCUT2D eigenvalue weighted by Gasteiger charge is 2.45. The monoisotopic (exact) mass is 446 g/mol. The summed E-state index contributed by atoms with van der Waals surface area (Å²) >= 11 is 0. The molecule has 2 aromatic carbocycles. The summed E-state index contributed by atoms with van der Waals surface area (Å²) < 4.78 is 0. The maximum Gasteiger partial charge on any atom is 0.208 e. The van der Waals surface area contributed by atoms with E-state index < -0.39 is 12.0 Å². The van der Waals surface area contributed by atoms with Gasteiger partial charge in [-0.2, -0.15) is 5.26 Å². The molecule has 34 heavy (non-hydrogen) atoms. The van der Waals surface area contributed by atoms with Crippen molar-refractivity contribution in [3.8, 4) is 6.07 Å². The number of hydrogen-bond acceptors (Lipinski definition) is 2. The summed E-state index contributed by atoms with van der Waals surface area (Å²) in [6.07, 6.45) is 2.64. The highest BCUT2D eigenvalue weighted by Crippen LogP contribution is 2.44. The van der Waals surface area contributed by atoms with E-state index in [4.69, 9.17) is 0 Å². The molecule has 5 heteroatoms. The summed E-state index contributed by atoms with van der Waals surface area (Å²) in [5, 5.41) is 32.9. The van der Waals surface area contributed by atoms with Crippen molar-refractivity contribution < 1.29 is 15.1 Å². The lowest BCUT2D eigenvalue weighted by Crippen LogP contribution is -2.66. The van der Waals surface area contributed by atoms with Crippen LogP contribution in [0.3, 0.4) is 0 Å². The number of nitrogens with one attached hydrogen (secondary N) is 2. The van der Waals surface area contributed by atoms with Crippen LogP contribution in [0.2, 0.25) is 0 Å². The van der Waals surface area contributed by atoms with Crippen molar-refractivity contribution in [1.82, 2.24) is 0 Å². The molecule has 0 radical (unpaired) electrons. The van der Waals surface area contributed by atoms with Gasteiger partial charge in [-0.15, -0.1) is 0 Å². The first kappa shape index (κ1) is 22.0. The van der Waals surface area contributed by atoms with Crippen LogP contribution < -0.4 is 15.1 Å². The van der Waals surface area contributed by atoms with Crippen LogP contribution in [0.15, 0.2) is 77.4 Å². The van der Waals surface area contributed by atoms with Gasteiger partial charge in [0.15, 0.2) is 11.4 Å². The summed E-state index contributed by atoms with van der Waals surface area (Å²) in [4.78, 5) is 6.88. The van der Waals surface area contributed by atoms with E-state index in [0.717, 1.165) is 33.9 Å². The molecule has 1 aliphatic carbocycles. The van der Waals surface area contributed by atoms with E-state index in [0.29, 0.717) is 11.1 Å². The molecule has 1 saturated carbocycles. The Hall–Kier alpha value is -3.84. The number of benzene rings is 2. The molecule has 1 fully saturated rings. The van der Waals surface area contributed by atoms with E-state index in [1.54, 1.807) is 0 Å². The fourth-order valence-electron chi connectivity index (χ4n) is 5.33. The van der Waals surface area contributed by atoms with Crippen LogP contribution >= 0.6 is 0 Å². The minimum absolute atomic E-state index is 0.0486. The number of nitriles is 1. The second-order valence-electron chi connectivity index (χ2n) is 10.2. The Morgan fingerprint density at radius 3 is 1.71 bits per heavy atom. The van der Waals surface area contributed by atoms with Gasteiger partial charge in [0.1, 0.15) is 6.07 Å². The maximum absolute atomic E-state index is 13.5. The third kappa shape index (κ3) is 3.08. The van der Waals surface area contributed by atoms with E-state index >= 15 is 0 Å². The van der Waals surface area contributed by atoms with Gasteiger partial charge in [-0.05, 0) is 27.7 Å². The van der Waals surface area contributed by atoms with Gasteiger partial charge in [0, 0.05) is 41.3 Å². The Morgan fingerprint density at radius 1 is 0.882 bits per heavy atom. The second kappa shape index (κ2) is 7.60. The van der Waals surface area contributed by atoms with Crippen LogP contribution in [-0.2, 0) is 10.8 Å². The first-order valence-electron chi connectivity index (χ1n) is 11.4. The van der Waals surface area contributed by atoms with Crippen molar-refractivity contribution in [3.63, 3.8) is 0 Å². The molecule has 2 aliphatic heterocycles. The SMILES string of the molecule is CC1(C)C(/C=C2\C([O-])/C(=C\C3=[NH+]c4ccccc4C3(C)C)C2C(=C=[N-])C#N)=[NH+]c2ccccc21. The summed E-state index contributed by atoms with van der Waals surface area (Å²) in [7, 11) is 0. The molecule has 0 bridgehead atoms. The third-order valence-electron chi connectivity index (χ3n) is 7.51. The van der Waals surface area contributed by atoms with Crippen LogP contribution in [0.25, 0.3) is 5.41 Å². The molecule has 5 rings (SSSR count). The van der Waals surface area contributed by atoms with Gasteiger partial charge < -0.3 is 10.5 Å². The van der Waals surface area contributed by atoms with Crippen LogP contribution in [-0.4, -0.2) is 23.4 Å². The lowest BCUT2D eigenvalue weighted by Gasteiger charge is -2.47. The topological polar surface area (TPSA) is 97.1 Å². The molecule has 2 heterocycles. The number of allylic oxidation sites excluding steroid dienone is 3. The highest BCUT2D eigenvalue weighted by atomic mass is 16.3.